The van der Waals surface area contributed by atoms with Gasteiger partial charge >= 0.3 is 0 Å². The van der Waals surface area contributed by atoms with Gasteiger partial charge in [0.2, 0.25) is 0 Å². The Balaban J connectivity index is 1.55. The molecule has 2 saturated heterocycles. The maximum atomic E-state index is 13.0. The number of nitrogens with zero attached hydrogens (tertiary/aromatic N) is 3. The van der Waals surface area contributed by atoms with Crippen molar-refractivity contribution in [3.8, 4) is 11.5 Å². The molecule has 1 aromatic carbocycles. The van der Waals surface area contributed by atoms with E-state index in [0.29, 0.717) is 28.3 Å². The molecule has 0 saturated carbocycles. The summed E-state index contributed by atoms with van der Waals surface area (Å²) in [4.78, 5) is 19.3. The first-order valence-corrected chi connectivity index (χ1v) is 8.57. The van der Waals surface area contributed by atoms with Crippen LogP contribution in [0.1, 0.15) is 35.4 Å². The molecular formula is C18H22N4O2. The third-order valence-electron chi connectivity index (χ3n) is 5.36. The van der Waals surface area contributed by atoms with Gasteiger partial charge in [-0.15, -0.1) is 0 Å². The van der Waals surface area contributed by atoms with Crippen LogP contribution >= 0.6 is 0 Å². The van der Waals surface area contributed by atoms with Crippen LogP contribution in [0.5, 0.6) is 0 Å². The minimum absolute atomic E-state index is 0.0576. The Morgan fingerprint density at radius 1 is 1.25 bits per heavy atom. The topological polar surface area (TPSA) is 71.3 Å². The molecule has 4 rings (SSSR count). The van der Waals surface area contributed by atoms with Crippen LogP contribution < -0.4 is 5.32 Å². The minimum atomic E-state index is 0.0576. The number of hydrogen-bond acceptors (Lipinski definition) is 5. The molecular weight excluding hydrogens is 304 g/mol. The average Bonchev–Trinajstić information content (AvgIpc) is 3.25. The lowest BCUT2D eigenvalue weighted by atomic mass is 9.77. The van der Waals surface area contributed by atoms with Crippen molar-refractivity contribution >= 4 is 5.91 Å². The summed E-state index contributed by atoms with van der Waals surface area (Å²) in [6, 6.07) is 7.48. The van der Waals surface area contributed by atoms with Gasteiger partial charge in [0.25, 0.3) is 11.8 Å². The van der Waals surface area contributed by atoms with Gasteiger partial charge in [-0.1, -0.05) is 17.3 Å². The Labute approximate surface area is 141 Å². The van der Waals surface area contributed by atoms with Gasteiger partial charge in [0.05, 0.1) is 11.1 Å². The number of hydrogen-bond donors (Lipinski definition) is 1. The molecule has 0 bridgehead atoms. The molecule has 1 amide bonds. The van der Waals surface area contributed by atoms with Crippen molar-refractivity contribution in [2.45, 2.75) is 26.2 Å². The molecule has 0 radical (unpaired) electrons. The fourth-order valence-corrected chi connectivity index (χ4v) is 3.84. The van der Waals surface area contributed by atoms with Gasteiger partial charge in [-0.2, -0.15) is 4.98 Å². The van der Waals surface area contributed by atoms with E-state index in [4.69, 9.17) is 4.52 Å². The van der Waals surface area contributed by atoms with E-state index in [1.165, 1.54) is 6.42 Å². The largest absolute Gasteiger partial charge is 0.339 e. The zero-order chi connectivity index (χ0) is 16.6. The van der Waals surface area contributed by atoms with E-state index in [1.54, 1.807) is 6.92 Å². The van der Waals surface area contributed by atoms with Crippen LogP contribution in [0.2, 0.25) is 0 Å². The molecule has 0 aliphatic carbocycles. The van der Waals surface area contributed by atoms with Crippen molar-refractivity contribution < 1.29 is 9.32 Å². The molecule has 3 heterocycles. The number of piperidine rings is 1. The second kappa shape index (κ2) is 6.02. The van der Waals surface area contributed by atoms with E-state index in [-0.39, 0.29) is 5.91 Å². The number of rotatable bonds is 2. The summed E-state index contributed by atoms with van der Waals surface area (Å²) in [6.07, 6.45) is 3.38. The van der Waals surface area contributed by atoms with Crippen LogP contribution in [-0.4, -0.2) is 47.1 Å². The summed E-state index contributed by atoms with van der Waals surface area (Å²) in [5.41, 5.74) is 1.76. The Morgan fingerprint density at radius 2 is 2.04 bits per heavy atom. The number of aryl methyl sites for hydroxylation is 1. The zero-order valence-electron chi connectivity index (χ0n) is 13.9. The quantitative estimate of drug-likeness (QED) is 0.916. The van der Waals surface area contributed by atoms with Crippen molar-refractivity contribution in [3.05, 3.63) is 35.7 Å². The molecule has 6 heteroatoms. The minimum Gasteiger partial charge on any atom is -0.339 e. The van der Waals surface area contributed by atoms with Crippen LogP contribution in [-0.2, 0) is 0 Å². The second-order valence-corrected chi connectivity index (χ2v) is 6.91. The van der Waals surface area contributed by atoms with Crippen LogP contribution in [0.3, 0.4) is 0 Å². The van der Waals surface area contributed by atoms with Crippen LogP contribution in [0.4, 0.5) is 0 Å². The smallest absolute Gasteiger partial charge is 0.258 e. The fourth-order valence-electron chi connectivity index (χ4n) is 3.84. The van der Waals surface area contributed by atoms with Crippen molar-refractivity contribution in [3.63, 3.8) is 0 Å². The number of likely N-dealkylation sites (tertiary alicyclic amines) is 1. The highest BCUT2D eigenvalue weighted by Gasteiger charge is 2.38. The van der Waals surface area contributed by atoms with Gasteiger partial charge < -0.3 is 14.7 Å². The monoisotopic (exact) mass is 326 g/mol. The Hall–Kier alpha value is -2.21. The first-order chi connectivity index (χ1) is 11.7. The third kappa shape index (κ3) is 2.71. The van der Waals surface area contributed by atoms with E-state index >= 15 is 0 Å². The lowest BCUT2D eigenvalue weighted by molar-refractivity contribution is 0.0608. The number of aromatic nitrogens is 2. The lowest BCUT2D eigenvalue weighted by Gasteiger charge is -2.39. The van der Waals surface area contributed by atoms with Gasteiger partial charge in [-0.3, -0.25) is 4.79 Å². The molecule has 0 atom stereocenters. The molecule has 0 unspecified atom stereocenters. The predicted octanol–water partition coefficient (Wildman–Crippen LogP) is 2.26. The standard InChI is InChI=1S/C18H22N4O2/c1-13-20-16(24-21-13)14-4-2-3-5-15(14)17(23)22-10-7-18(8-11-22)6-9-19-12-18/h2-5,19H,6-12H2,1H3. The van der Waals surface area contributed by atoms with Crippen LogP contribution in [0, 0.1) is 12.3 Å². The van der Waals surface area contributed by atoms with Gasteiger partial charge in [0.1, 0.15) is 0 Å². The molecule has 24 heavy (non-hydrogen) atoms. The van der Waals surface area contributed by atoms with Gasteiger partial charge in [0, 0.05) is 19.6 Å². The molecule has 6 nitrogen and oxygen atoms in total. The van der Waals surface area contributed by atoms with Crippen molar-refractivity contribution in [1.29, 1.82) is 0 Å². The summed E-state index contributed by atoms with van der Waals surface area (Å²) in [5.74, 6) is 1.04. The molecule has 1 spiro atoms. The average molecular weight is 326 g/mol. The van der Waals surface area contributed by atoms with Crippen LogP contribution in [0.25, 0.3) is 11.5 Å². The first-order valence-electron chi connectivity index (χ1n) is 8.57. The van der Waals surface area contributed by atoms with E-state index in [1.807, 2.05) is 29.2 Å². The summed E-state index contributed by atoms with van der Waals surface area (Å²) in [5, 5.41) is 7.30. The first kappa shape index (κ1) is 15.3. The lowest BCUT2D eigenvalue weighted by Crippen LogP contribution is -2.44. The fraction of sp³-hybridized carbons (Fsp3) is 0.500. The van der Waals surface area contributed by atoms with E-state index in [9.17, 15) is 4.79 Å². The maximum Gasteiger partial charge on any atom is 0.258 e. The SMILES string of the molecule is Cc1noc(-c2ccccc2C(=O)N2CCC3(CCNC3)CC2)n1. The van der Waals surface area contributed by atoms with Gasteiger partial charge in [-0.25, -0.2) is 0 Å². The molecule has 1 N–H and O–H groups in total. The highest BCUT2D eigenvalue weighted by molar-refractivity contribution is 6.00. The normalized spacial score (nSPS) is 19.8. The Kier molecular flexibility index (Phi) is 3.84. The summed E-state index contributed by atoms with van der Waals surface area (Å²) in [7, 11) is 0. The summed E-state index contributed by atoms with van der Waals surface area (Å²) in [6.45, 7) is 5.60. The third-order valence-corrected chi connectivity index (χ3v) is 5.36. The van der Waals surface area contributed by atoms with E-state index in [0.717, 1.165) is 39.0 Å². The van der Waals surface area contributed by atoms with Crippen molar-refractivity contribution in [2.24, 2.45) is 5.41 Å². The van der Waals surface area contributed by atoms with Crippen molar-refractivity contribution in [2.75, 3.05) is 26.2 Å². The van der Waals surface area contributed by atoms with E-state index in [2.05, 4.69) is 15.5 Å². The molecule has 1 aromatic heterocycles. The summed E-state index contributed by atoms with van der Waals surface area (Å²) < 4.78 is 5.26. The molecule has 126 valence electrons. The highest BCUT2D eigenvalue weighted by Crippen LogP contribution is 2.37. The number of nitrogens with one attached hydrogen (secondary N) is 1. The predicted molar refractivity (Wildman–Crippen MR) is 89.5 cm³/mol. The molecule has 2 aliphatic rings. The molecule has 2 fully saturated rings. The highest BCUT2D eigenvalue weighted by atomic mass is 16.5. The second-order valence-electron chi connectivity index (χ2n) is 6.91. The summed E-state index contributed by atoms with van der Waals surface area (Å²) >= 11 is 0. The van der Waals surface area contributed by atoms with E-state index < -0.39 is 0 Å². The molecule has 2 aliphatic heterocycles. The number of carbonyl (C=O) groups excluding carboxylic acids is 1. The number of benzene rings is 1. The van der Waals surface area contributed by atoms with Crippen molar-refractivity contribution in [1.82, 2.24) is 20.4 Å². The number of amides is 1. The Bertz CT molecular complexity index is 739. The maximum absolute atomic E-state index is 13.0. The molecule has 2 aromatic rings. The number of carbonyl (C=O) groups is 1. The van der Waals surface area contributed by atoms with Crippen LogP contribution in [0.15, 0.2) is 28.8 Å². The van der Waals surface area contributed by atoms with Gasteiger partial charge in [-0.05, 0) is 50.3 Å². The Morgan fingerprint density at radius 3 is 2.71 bits per heavy atom. The zero-order valence-corrected chi connectivity index (χ0v) is 13.9. The van der Waals surface area contributed by atoms with Gasteiger partial charge in [0.15, 0.2) is 5.82 Å².